The highest BCUT2D eigenvalue weighted by Crippen LogP contribution is 2.32. The molecule has 2 N–H and O–H groups in total. The highest BCUT2D eigenvalue weighted by atomic mass is 79.9. The van der Waals surface area contributed by atoms with Crippen molar-refractivity contribution >= 4 is 33.6 Å². The number of amides is 2. The quantitative estimate of drug-likeness (QED) is 0.636. The number of fused-ring (bicyclic) bond motifs is 1. The summed E-state index contributed by atoms with van der Waals surface area (Å²) in [6, 6.07) is 8.92. The predicted octanol–water partition coefficient (Wildman–Crippen LogP) is 2.99. The van der Waals surface area contributed by atoms with Crippen molar-refractivity contribution in [1.82, 2.24) is 14.8 Å². The fraction of sp³-hybridized carbons (Fsp3) is 0.200. The fourth-order valence-electron chi connectivity index (χ4n) is 2.74. The smallest absolute Gasteiger partial charge is 0.339 e. The Morgan fingerprint density at radius 1 is 1.28 bits per heavy atom. The summed E-state index contributed by atoms with van der Waals surface area (Å²) in [5, 5.41) is 3.83. The molecule has 4 rings (SSSR count). The molecule has 3 heterocycles. The largest absolute Gasteiger partial charge is 0.491 e. The maximum absolute atomic E-state index is 11.5. The molecule has 0 aliphatic carbocycles. The van der Waals surface area contributed by atoms with Crippen molar-refractivity contribution in [3.63, 3.8) is 0 Å². The summed E-state index contributed by atoms with van der Waals surface area (Å²) in [5.41, 5.74) is 7.89. The minimum absolute atomic E-state index is 0.0850. The second kappa shape index (κ2) is 9.33. The minimum Gasteiger partial charge on any atom is -0.491 e. The van der Waals surface area contributed by atoms with Crippen LogP contribution in [0.15, 0.2) is 59.6 Å². The summed E-state index contributed by atoms with van der Waals surface area (Å²) in [7, 11) is 1.77. The van der Waals surface area contributed by atoms with Crippen LogP contribution in [0.25, 0.3) is 0 Å². The molecule has 2 amide bonds. The summed E-state index contributed by atoms with van der Waals surface area (Å²) >= 11 is 3.37. The Morgan fingerprint density at radius 2 is 2.10 bits per heavy atom. The maximum atomic E-state index is 11.5. The Hall–Kier alpha value is -3.20. The second-order valence-electron chi connectivity index (χ2n) is 6.33. The zero-order valence-corrected chi connectivity index (χ0v) is 17.4. The molecule has 1 aliphatic heterocycles. The molecule has 1 aromatic carbocycles. The molecule has 9 heteroatoms. The zero-order chi connectivity index (χ0) is 20.8. The molecule has 0 spiro atoms. The van der Waals surface area contributed by atoms with Crippen molar-refractivity contribution in [3.05, 3.63) is 70.7 Å². The van der Waals surface area contributed by atoms with E-state index in [-0.39, 0.29) is 5.91 Å². The number of carbonyl (C=O) groups excluding carboxylic acids is 2. The molecule has 0 radical (unpaired) electrons. The lowest BCUT2D eigenvalue weighted by atomic mass is 10.1. The summed E-state index contributed by atoms with van der Waals surface area (Å²) in [5.74, 6) is 0.850. The van der Waals surface area contributed by atoms with Gasteiger partial charge in [-0.1, -0.05) is 22.0 Å². The first-order valence-electron chi connectivity index (χ1n) is 8.85. The van der Waals surface area contributed by atoms with E-state index in [4.69, 9.17) is 10.5 Å². The van der Waals surface area contributed by atoms with Crippen molar-refractivity contribution in [2.75, 3.05) is 18.6 Å². The van der Waals surface area contributed by atoms with Crippen molar-refractivity contribution in [2.24, 2.45) is 5.73 Å². The number of pyridine rings is 1. The normalized spacial score (nSPS) is 12.9. The molecule has 2 aromatic heterocycles. The standard InChI is InChI=1S/C10H10BrNO2.C10H10N4O/c1-12-8-6-7(11)2-3-9(8)14-5-4-10(12)13;11-10(15)14-7-9(6-13-14)4-8-2-1-3-12-5-8/h2-3,6H,4-5H2,1H3;1-3,5-7H,4H2,(H2,11,15). The van der Waals surface area contributed by atoms with Crippen LogP contribution in [0, 0.1) is 0 Å². The first kappa shape index (κ1) is 20.5. The third-order valence-corrected chi connectivity index (χ3v) is 4.72. The lowest BCUT2D eigenvalue weighted by molar-refractivity contribution is -0.118. The summed E-state index contributed by atoms with van der Waals surface area (Å²) in [6.07, 6.45) is 7.87. The third kappa shape index (κ3) is 5.41. The number of primary amides is 1. The van der Waals surface area contributed by atoms with E-state index < -0.39 is 6.03 Å². The van der Waals surface area contributed by atoms with E-state index >= 15 is 0 Å². The number of halogens is 1. The van der Waals surface area contributed by atoms with Crippen LogP contribution in [0.1, 0.15) is 17.5 Å². The van der Waals surface area contributed by atoms with Crippen molar-refractivity contribution in [2.45, 2.75) is 12.8 Å². The van der Waals surface area contributed by atoms with E-state index in [1.165, 1.54) is 0 Å². The predicted molar refractivity (Wildman–Crippen MR) is 112 cm³/mol. The van der Waals surface area contributed by atoms with E-state index in [1.807, 2.05) is 30.3 Å². The molecule has 0 saturated heterocycles. The van der Waals surface area contributed by atoms with Gasteiger partial charge in [0, 0.05) is 36.5 Å². The Kier molecular flexibility index (Phi) is 6.61. The van der Waals surface area contributed by atoms with Crippen molar-refractivity contribution in [1.29, 1.82) is 0 Å². The molecule has 8 nitrogen and oxygen atoms in total. The minimum atomic E-state index is -0.576. The van der Waals surface area contributed by atoms with Crippen molar-refractivity contribution < 1.29 is 14.3 Å². The number of hydrogen-bond acceptors (Lipinski definition) is 5. The lowest BCUT2D eigenvalue weighted by Crippen LogP contribution is -2.25. The van der Waals surface area contributed by atoms with Gasteiger partial charge in [0.05, 0.1) is 24.9 Å². The van der Waals surface area contributed by atoms with Gasteiger partial charge in [0.15, 0.2) is 0 Å². The molecule has 1 aliphatic rings. The average molecular weight is 458 g/mol. The number of anilines is 1. The monoisotopic (exact) mass is 457 g/mol. The summed E-state index contributed by atoms with van der Waals surface area (Å²) in [4.78, 5) is 27.9. The number of nitrogens with zero attached hydrogens (tertiary/aromatic N) is 4. The van der Waals surface area contributed by atoms with Crippen LogP contribution in [0.2, 0.25) is 0 Å². The van der Waals surface area contributed by atoms with Crippen molar-refractivity contribution in [3.8, 4) is 5.75 Å². The number of hydrogen-bond donors (Lipinski definition) is 1. The zero-order valence-electron chi connectivity index (χ0n) is 15.8. The molecule has 0 atom stereocenters. The van der Waals surface area contributed by atoms with Gasteiger partial charge in [0.25, 0.3) is 0 Å². The van der Waals surface area contributed by atoms with Gasteiger partial charge in [-0.05, 0) is 35.4 Å². The Labute approximate surface area is 176 Å². The van der Waals surface area contributed by atoms with E-state index in [0.29, 0.717) is 19.4 Å². The molecule has 0 saturated carbocycles. The van der Waals surface area contributed by atoms with Gasteiger partial charge in [0.2, 0.25) is 5.91 Å². The van der Waals surface area contributed by atoms with Crippen LogP contribution in [-0.2, 0) is 11.2 Å². The van der Waals surface area contributed by atoms with Gasteiger partial charge < -0.3 is 15.4 Å². The Balaban J connectivity index is 0.000000166. The molecular weight excluding hydrogens is 438 g/mol. The summed E-state index contributed by atoms with van der Waals surface area (Å²) < 4.78 is 7.52. The van der Waals surface area contributed by atoms with Gasteiger partial charge >= 0.3 is 6.03 Å². The van der Waals surface area contributed by atoms with Gasteiger partial charge in [-0.15, -0.1) is 0 Å². The topological polar surface area (TPSA) is 103 Å². The third-order valence-electron chi connectivity index (χ3n) is 4.22. The first-order valence-corrected chi connectivity index (χ1v) is 9.64. The highest BCUT2D eigenvalue weighted by Gasteiger charge is 2.19. The van der Waals surface area contributed by atoms with E-state index in [0.717, 1.165) is 31.7 Å². The Morgan fingerprint density at radius 3 is 2.79 bits per heavy atom. The molecule has 3 aromatic rings. The molecule has 0 bridgehead atoms. The molecule has 0 fully saturated rings. The van der Waals surface area contributed by atoms with Gasteiger partial charge in [0.1, 0.15) is 5.75 Å². The molecule has 29 heavy (non-hydrogen) atoms. The lowest BCUT2D eigenvalue weighted by Gasteiger charge is -2.16. The summed E-state index contributed by atoms with van der Waals surface area (Å²) in [6.45, 7) is 0.456. The SMILES string of the molecule is CN1C(=O)CCOc2ccc(Br)cc21.NC(=O)n1cc(Cc2cccnc2)cn1. The van der Waals surface area contributed by atoms with Gasteiger partial charge in [-0.25, -0.2) is 4.79 Å². The van der Waals surface area contributed by atoms with Crippen LogP contribution in [-0.4, -0.2) is 40.4 Å². The number of ether oxygens (including phenoxy) is 1. The van der Waals surface area contributed by atoms with Gasteiger partial charge in [-0.3, -0.25) is 9.78 Å². The van der Waals surface area contributed by atoms with Crippen LogP contribution in [0.5, 0.6) is 5.75 Å². The second-order valence-corrected chi connectivity index (χ2v) is 7.25. The van der Waals surface area contributed by atoms with E-state index in [9.17, 15) is 9.59 Å². The van der Waals surface area contributed by atoms with Gasteiger partial charge in [-0.2, -0.15) is 9.78 Å². The van der Waals surface area contributed by atoms with Crippen LogP contribution < -0.4 is 15.4 Å². The number of aromatic nitrogens is 3. The molecular formula is C20H20BrN5O3. The van der Waals surface area contributed by atoms with Crippen LogP contribution in [0.4, 0.5) is 10.5 Å². The number of carbonyl (C=O) groups is 2. The fourth-order valence-corrected chi connectivity index (χ4v) is 3.08. The van der Waals surface area contributed by atoms with Crippen LogP contribution >= 0.6 is 15.9 Å². The average Bonchev–Trinajstić information content (AvgIpc) is 3.13. The number of benzene rings is 1. The first-order chi connectivity index (χ1) is 13.9. The highest BCUT2D eigenvalue weighted by molar-refractivity contribution is 9.10. The number of rotatable bonds is 2. The Bertz CT molecular complexity index is 1010. The molecule has 0 unspecified atom stereocenters. The van der Waals surface area contributed by atoms with E-state index in [2.05, 4.69) is 26.0 Å². The number of nitrogens with two attached hydrogens (primary N) is 1. The maximum Gasteiger partial charge on any atom is 0.339 e. The van der Waals surface area contributed by atoms with E-state index in [1.54, 1.807) is 36.7 Å². The van der Waals surface area contributed by atoms with Crippen LogP contribution in [0.3, 0.4) is 0 Å². The molecule has 150 valence electrons.